The molecule has 2 N–H and O–H groups in total. The third-order valence-corrected chi connectivity index (χ3v) is 9.06. The number of aliphatic hydroxyl groups is 1. The summed E-state index contributed by atoms with van der Waals surface area (Å²) in [5.74, 6) is -0.423. The molecule has 2 rings (SSSR count). The van der Waals surface area contributed by atoms with Gasteiger partial charge in [-0.3, -0.25) is 13.9 Å². The molecular formula is C22H44N2O11P2. The minimum absolute atomic E-state index is 0.0558. The molecule has 2 fully saturated rings. The number of likely N-dealkylation sites (N-methyl/N-ethyl adjacent to an activating group) is 1. The predicted molar refractivity (Wildman–Crippen MR) is 136 cm³/mol. The Hall–Kier alpha value is -0.430. The fraction of sp³-hybridized carbons (Fsp3) is 0.955. The van der Waals surface area contributed by atoms with Gasteiger partial charge >= 0.3 is 15.2 Å². The fourth-order valence-corrected chi connectivity index (χ4v) is 6.26. The Labute approximate surface area is 219 Å². The highest BCUT2D eigenvalue weighted by atomic mass is 31.2. The van der Waals surface area contributed by atoms with Crippen molar-refractivity contribution in [1.29, 1.82) is 0 Å². The fourth-order valence-electron chi connectivity index (χ4n) is 4.22. The molecule has 0 aromatic carbocycles. The second-order valence-corrected chi connectivity index (χ2v) is 13.6. The first-order valence-electron chi connectivity index (χ1n) is 12.5. The van der Waals surface area contributed by atoms with E-state index in [2.05, 4.69) is 5.32 Å². The molecule has 0 aromatic heterocycles. The van der Waals surface area contributed by atoms with Crippen LogP contribution in [0.4, 0.5) is 0 Å². The summed E-state index contributed by atoms with van der Waals surface area (Å²) >= 11 is 0. The van der Waals surface area contributed by atoms with Crippen molar-refractivity contribution in [3.05, 3.63) is 0 Å². The van der Waals surface area contributed by atoms with Gasteiger partial charge in [-0.05, 0) is 20.4 Å². The second kappa shape index (κ2) is 15.4. The lowest BCUT2D eigenvalue weighted by molar-refractivity contribution is -0.138. The van der Waals surface area contributed by atoms with Gasteiger partial charge in [0.2, 0.25) is 5.91 Å². The molecule has 2 saturated heterocycles. The smallest absolute Gasteiger partial charge is 0.328 e. The van der Waals surface area contributed by atoms with Crippen LogP contribution in [-0.4, -0.2) is 127 Å². The first kappa shape index (κ1) is 32.8. The van der Waals surface area contributed by atoms with E-state index in [4.69, 9.17) is 32.3 Å². The Morgan fingerprint density at radius 2 is 1.81 bits per heavy atom. The van der Waals surface area contributed by atoms with Crippen LogP contribution in [0.15, 0.2) is 0 Å². The van der Waals surface area contributed by atoms with E-state index in [0.29, 0.717) is 19.6 Å². The molecule has 218 valence electrons. The topological polar surface area (TPSA) is 151 Å². The van der Waals surface area contributed by atoms with Crippen LogP contribution < -0.4 is 5.32 Å². The zero-order chi connectivity index (χ0) is 27.6. The maximum Gasteiger partial charge on any atom is 0.328 e. The molecule has 0 aromatic rings. The van der Waals surface area contributed by atoms with Crippen molar-refractivity contribution in [2.24, 2.45) is 5.92 Å². The molecule has 2 heterocycles. The number of amides is 1. The van der Waals surface area contributed by atoms with Crippen molar-refractivity contribution in [2.45, 2.75) is 50.7 Å². The Morgan fingerprint density at radius 1 is 1.11 bits per heavy atom. The molecule has 0 aliphatic carbocycles. The van der Waals surface area contributed by atoms with E-state index in [1.807, 2.05) is 20.9 Å². The summed E-state index contributed by atoms with van der Waals surface area (Å²) in [6.07, 6.45) is -1.72. The molecule has 1 amide bonds. The van der Waals surface area contributed by atoms with Crippen molar-refractivity contribution in [2.75, 3.05) is 80.2 Å². The minimum Gasteiger partial charge on any atom is -0.394 e. The predicted octanol–water partition coefficient (Wildman–Crippen LogP) is 1.33. The summed E-state index contributed by atoms with van der Waals surface area (Å²) < 4.78 is 64.1. The van der Waals surface area contributed by atoms with Gasteiger partial charge < -0.3 is 47.6 Å². The normalized spacial score (nSPS) is 31.4. The van der Waals surface area contributed by atoms with Crippen LogP contribution in [0, 0.1) is 5.92 Å². The van der Waals surface area contributed by atoms with Gasteiger partial charge in [0.05, 0.1) is 51.3 Å². The number of carbonyl (C=O) groups excluding carboxylic acids is 1. The Kier molecular flexibility index (Phi) is 13.6. The van der Waals surface area contributed by atoms with Crippen LogP contribution in [0.3, 0.4) is 0 Å². The van der Waals surface area contributed by atoms with Crippen LogP contribution in [0.2, 0.25) is 0 Å². The van der Waals surface area contributed by atoms with Crippen molar-refractivity contribution < 1.29 is 51.3 Å². The molecule has 8 atom stereocenters. The molecule has 2 aliphatic rings. The summed E-state index contributed by atoms with van der Waals surface area (Å²) in [6.45, 7) is 8.11. The van der Waals surface area contributed by atoms with Gasteiger partial charge in [-0.2, -0.15) is 0 Å². The average Bonchev–Trinajstić information content (AvgIpc) is 3.37. The summed E-state index contributed by atoms with van der Waals surface area (Å²) in [6, 6.07) is -0.476. The maximum atomic E-state index is 13.3. The highest BCUT2D eigenvalue weighted by Crippen LogP contribution is 2.52. The van der Waals surface area contributed by atoms with Crippen LogP contribution in [0.25, 0.3) is 0 Å². The molecule has 0 radical (unpaired) electrons. The van der Waals surface area contributed by atoms with E-state index in [1.165, 1.54) is 25.3 Å². The van der Waals surface area contributed by atoms with Gasteiger partial charge in [-0.1, -0.05) is 6.92 Å². The van der Waals surface area contributed by atoms with E-state index >= 15 is 0 Å². The number of nitrogens with one attached hydrogen (secondary N) is 1. The maximum absolute atomic E-state index is 13.3. The average molecular weight is 575 g/mol. The van der Waals surface area contributed by atoms with Gasteiger partial charge in [-0.15, -0.1) is 0 Å². The van der Waals surface area contributed by atoms with Gasteiger partial charge in [0.15, 0.2) is 0 Å². The van der Waals surface area contributed by atoms with E-state index in [1.54, 1.807) is 0 Å². The zero-order valence-electron chi connectivity index (χ0n) is 22.7. The Bertz CT molecular complexity index is 805. The van der Waals surface area contributed by atoms with Crippen molar-refractivity contribution in [3.8, 4) is 0 Å². The summed E-state index contributed by atoms with van der Waals surface area (Å²) in [5.41, 5.74) is 0. The number of likely N-dealkylation sites (tertiary alicyclic amines) is 1. The van der Waals surface area contributed by atoms with E-state index in [0.717, 1.165) is 6.54 Å². The zero-order valence-corrected chi connectivity index (χ0v) is 24.5. The van der Waals surface area contributed by atoms with E-state index in [-0.39, 0.29) is 50.9 Å². The Balaban J connectivity index is 1.88. The number of carbonyl (C=O) groups is 1. The lowest BCUT2D eigenvalue weighted by Gasteiger charge is -2.27. The van der Waals surface area contributed by atoms with Gasteiger partial charge in [0, 0.05) is 39.4 Å². The third-order valence-electron chi connectivity index (χ3n) is 6.47. The van der Waals surface area contributed by atoms with Crippen molar-refractivity contribution in [3.63, 3.8) is 0 Å². The quantitative estimate of drug-likeness (QED) is 0.191. The van der Waals surface area contributed by atoms with Crippen molar-refractivity contribution >= 4 is 21.1 Å². The van der Waals surface area contributed by atoms with E-state index < -0.39 is 39.5 Å². The van der Waals surface area contributed by atoms with Gasteiger partial charge in [0.1, 0.15) is 18.8 Å². The molecule has 0 bridgehead atoms. The standard InChI is InChI=1S/C22H44N2O11P2/c1-16-17(2)33-20(14-32-36(5,27)29-4)22(16)35-37(6,28)34-19-11-18(13-25)24(12-19)21(26)15-31-10-9-30-8-7-23-3/h16-20,22-23,25H,7-15H2,1-6H3/t16-,17-,18+,19-,20+,22-,36?,37?/m1/s1. The first-order chi connectivity index (χ1) is 17.4. The molecule has 37 heavy (non-hydrogen) atoms. The number of hydrogen-bond acceptors (Lipinski definition) is 12. The number of ether oxygens (including phenoxy) is 3. The largest absolute Gasteiger partial charge is 0.394 e. The molecule has 0 saturated carbocycles. The Morgan fingerprint density at radius 3 is 2.46 bits per heavy atom. The third kappa shape index (κ3) is 10.6. The molecule has 0 spiro atoms. The number of rotatable bonds is 17. The highest BCUT2D eigenvalue weighted by Gasteiger charge is 2.46. The summed E-state index contributed by atoms with van der Waals surface area (Å²) in [7, 11) is -3.70. The molecule has 13 nitrogen and oxygen atoms in total. The molecular weight excluding hydrogens is 530 g/mol. The second-order valence-electron chi connectivity index (χ2n) is 9.44. The highest BCUT2D eigenvalue weighted by molar-refractivity contribution is 7.53. The SMILES string of the molecule is CNCCOCCOCC(=O)N1C[C@H](OP(C)(=O)O[C@@H]2[C@H](C)[C@@H](C)O[C@H]2COP(C)(=O)OC)C[C@H]1CO. The number of aliphatic hydroxyl groups excluding tert-OH is 1. The van der Waals surface area contributed by atoms with Crippen molar-refractivity contribution in [1.82, 2.24) is 10.2 Å². The molecule has 2 aliphatic heterocycles. The van der Waals surface area contributed by atoms with Crippen LogP contribution in [0.1, 0.15) is 20.3 Å². The number of nitrogens with zero attached hydrogens (tertiary/aromatic N) is 1. The van der Waals surface area contributed by atoms with Gasteiger partial charge in [-0.25, -0.2) is 0 Å². The molecule has 2 unspecified atom stereocenters. The lowest BCUT2D eigenvalue weighted by Crippen LogP contribution is -2.40. The molecule has 15 heteroatoms. The lowest BCUT2D eigenvalue weighted by atomic mass is 10.00. The first-order valence-corrected chi connectivity index (χ1v) is 16.5. The minimum atomic E-state index is -3.61. The van der Waals surface area contributed by atoms with Crippen LogP contribution in [-0.2, 0) is 46.2 Å². The van der Waals surface area contributed by atoms with Crippen LogP contribution >= 0.6 is 15.2 Å². The summed E-state index contributed by atoms with van der Waals surface area (Å²) in [5, 5.41) is 12.8. The summed E-state index contributed by atoms with van der Waals surface area (Å²) in [4.78, 5) is 14.1. The monoisotopic (exact) mass is 574 g/mol. The van der Waals surface area contributed by atoms with Crippen LogP contribution in [0.5, 0.6) is 0 Å². The number of hydrogen-bond donors (Lipinski definition) is 2. The van der Waals surface area contributed by atoms with E-state index in [9.17, 15) is 19.0 Å². The van der Waals surface area contributed by atoms with Gasteiger partial charge in [0.25, 0.3) is 0 Å².